The quantitative estimate of drug-likeness (QED) is 0.206. The van der Waals surface area contributed by atoms with Gasteiger partial charge in [0.2, 0.25) is 0 Å². The maximum absolute atomic E-state index is 11.5. The van der Waals surface area contributed by atoms with Crippen LogP contribution in [0.5, 0.6) is 0 Å². The smallest absolute Gasteiger partial charge is 0.333 e. The van der Waals surface area contributed by atoms with Crippen molar-refractivity contribution < 1.29 is 19.1 Å². The third kappa shape index (κ3) is 4.31. The number of carbonyl (C=O) groups excluding carboxylic acids is 2. The summed E-state index contributed by atoms with van der Waals surface area (Å²) in [5.41, 5.74) is 1.33. The number of hydrogen-bond donors (Lipinski definition) is 0. The Balaban J connectivity index is 3.47. The Morgan fingerprint density at radius 2 is 1.27 bits per heavy atom. The van der Waals surface area contributed by atoms with Crippen LogP contribution in [0.15, 0.2) is 43.2 Å². The van der Waals surface area contributed by atoms with E-state index >= 15 is 0 Å². The zero-order chi connectivity index (χ0) is 17.0. The molecule has 0 aliphatic rings. The number of rotatable bonds is 5. The van der Waals surface area contributed by atoms with Gasteiger partial charge in [0.15, 0.2) is 0 Å². The van der Waals surface area contributed by atoms with E-state index in [1.54, 1.807) is 0 Å². The van der Waals surface area contributed by atoms with Gasteiger partial charge in [0.05, 0.1) is 5.56 Å². The lowest BCUT2D eigenvalue weighted by Crippen LogP contribution is -2.17. The Morgan fingerprint density at radius 3 is 1.59 bits per heavy atom. The number of ether oxygens (including phenoxy) is 2. The van der Waals surface area contributed by atoms with E-state index in [1.807, 2.05) is 6.92 Å². The Hall–Kier alpha value is -0.440. The fourth-order valence-corrected chi connectivity index (χ4v) is 4.14. The van der Waals surface area contributed by atoms with Gasteiger partial charge >= 0.3 is 11.9 Å². The van der Waals surface area contributed by atoms with E-state index in [4.69, 9.17) is 9.47 Å². The number of halogens is 4. The molecule has 0 saturated carbocycles. The van der Waals surface area contributed by atoms with Gasteiger partial charge in [-0.25, -0.2) is 9.59 Å². The lowest BCUT2D eigenvalue weighted by Gasteiger charge is -2.22. The van der Waals surface area contributed by atoms with Gasteiger partial charge in [0.25, 0.3) is 6.29 Å². The minimum atomic E-state index is -1.27. The molecule has 0 aliphatic carbocycles. The van der Waals surface area contributed by atoms with Gasteiger partial charge in [-0.2, -0.15) is 0 Å². The predicted octanol–water partition coefficient (Wildman–Crippen LogP) is 5.50. The third-order valence-corrected chi connectivity index (χ3v) is 7.23. The molecular weight excluding hydrogens is 552 g/mol. The second-order valence-corrected chi connectivity index (χ2v) is 7.08. The summed E-state index contributed by atoms with van der Waals surface area (Å²) in [5.74, 6) is -1.46. The molecule has 0 unspecified atom stereocenters. The largest absolute Gasteiger partial charge is 0.417 e. The molecule has 4 nitrogen and oxygen atoms in total. The number of carbonyl (C=O) groups is 2. The molecule has 0 N–H and O–H groups in total. The van der Waals surface area contributed by atoms with Crippen molar-refractivity contribution in [3.05, 3.63) is 54.3 Å². The van der Waals surface area contributed by atoms with Crippen LogP contribution in [0.4, 0.5) is 0 Å². The highest BCUT2D eigenvalue weighted by atomic mass is 79.9. The topological polar surface area (TPSA) is 52.6 Å². The Labute approximate surface area is 161 Å². The van der Waals surface area contributed by atoms with Crippen molar-refractivity contribution in [3.8, 4) is 0 Å². The van der Waals surface area contributed by atoms with Crippen molar-refractivity contribution in [2.24, 2.45) is 0 Å². The zero-order valence-corrected chi connectivity index (χ0v) is 17.6. The van der Waals surface area contributed by atoms with Gasteiger partial charge in [-0.3, -0.25) is 0 Å². The average molecular weight is 562 g/mol. The summed E-state index contributed by atoms with van der Waals surface area (Å²) in [7, 11) is 0. The molecule has 8 heteroatoms. The molecule has 0 heterocycles. The van der Waals surface area contributed by atoms with Gasteiger partial charge in [0.1, 0.15) is 0 Å². The molecule has 0 amide bonds. The maximum atomic E-state index is 11.5. The molecule has 1 rings (SSSR count). The Kier molecular flexibility index (Phi) is 7.51. The highest BCUT2D eigenvalue weighted by Crippen LogP contribution is 2.45. The average Bonchev–Trinajstić information content (AvgIpc) is 2.50. The first-order chi connectivity index (χ1) is 10.2. The second kappa shape index (κ2) is 8.42. The minimum absolute atomic E-state index is 0.426. The van der Waals surface area contributed by atoms with Crippen LogP contribution in [-0.4, -0.2) is 11.9 Å². The van der Waals surface area contributed by atoms with Crippen LogP contribution < -0.4 is 0 Å². The van der Waals surface area contributed by atoms with E-state index in [-0.39, 0.29) is 0 Å². The fourth-order valence-electron chi connectivity index (χ4n) is 1.41. The molecule has 0 atom stereocenters. The van der Waals surface area contributed by atoms with Gasteiger partial charge in [-0.1, -0.05) is 13.2 Å². The van der Waals surface area contributed by atoms with Gasteiger partial charge in [-0.15, -0.1) is 0 Å². The van der Waals surface area contributed by atoms with Crippen LogP contribution in [0.3, 0.4) is 0 Å². The first-order valence-corrected chi connectivity index (χ1v) is 8.90. The summed E-state index contributed by atoms with van der Waals surface area (Å²) in [5, 5.41) is 0. The van der Waals surface area contributed by atoms with Crippen molar-refractivity contribution in [1.82, 2.24) is 0 Å². The van der Waals surface area contributed by atoms with E-state index in [1.165, 1.54) is 0 Å². The minimum Gasteiger partial charge on any atom is -0.417 e. The number of esters is 2. The molecule has 0 bridgehead atoms. The highest BCUT2D eigenvalue weighted by Gasteiger charge is 2.28. The third-order valence-electron chi connectivity index (χ3n) is 2.53. The van der Waals surface area contributed by atoms with Crippen molar-refractivity contribution in [2.45, 2.75) is 13.2 Å². The van der Waals surface area contributed by atoms with Gasteiger partial charge < -0.3 is 9.47 Å². The van der Waals surface area contributed by atoms with Crippen molar-refractivity contribution in [2.75, 3.05) is 0 Å². The maximum Gasteiger partial charge on any atom is 0.333 e. The van der Waals surface area contributed by atoms with E-state index < -0.39 is 18.2 Å². The summed E-state index contributed by atoms with van der Waals surface area (Å²) in [6, 6.07) is 0. The Morgan fingerprint density at radius 1 is 0.909 bits per heavy atom. The van der Waals surface area contributed by atoms with Crippen LogP contribution in [0.2, 0.25) is 0 Å². The first-order valence-electron chi connectivity index (χ1n) is 5.73. The fraction of sp³-hybridized carbons (Fsp3) is 0.143. The molecule has 0 saturated heterocycles. The summed E-state index contributed by atoms with van der Waals surface area (Å²) >= 11 is 13.7. The number of hydrogen-bond acceptors (Lipinski definition) is 4. The van der Waals surface area contributed by atoms with Crippen molar-refractivity contribution in [1.29, 1.82) is 0 Å². The van der Waals surface area contributed by atoms with Gasteiger partial charge in [-0.05, 0) is 76.2 Å². The summed E-state index contributed by atoms with van der Waals surface area (Å²) in [6.07, 6.45) is 0.692. The lowest BCUT2D eigenvalue weighted by atomic mass is 10.1. The number of benzene rings is 1. The monoisotopic (exact) mass is 558 g/mol. The summed E-state index contributed by atoms with van der Waals surface area (Å²) in [4.78, 5) is 23.0. The lowest BCUT2D eigenvalue weighted by molar-refractivity contribution is -0.182. The predicted molar refractivity (Wildman–Crippen MR) is 97.3 cm³/mol. The standard InChI is InChI=1S/C14H10Br4O4/c1-4-7(19)21-14(22-8(20)5-2)9-12(17)10(15)6(3)11(16)13(9)18/h4-5,14H,1-2H2,3H3. The molecule has 1 aromatic carbocycles. The van der Waals surface area contributed by atoms with Crippen LogP contribution >= 0.6 is 63.7 Å². The molecule has 0 spiro atoms. The Bertz CT molecular complexity index is 604. The molecule has 118 valence electrons. The van der Waals surface area contributed by atoms with Gasteiger partial charge in [0, 0.05) is 30.0 Å². The molecule has 22 heavy (non-hydrogen) atoms. The van der Waals surface area contributed by atoms with E-state index in [9.17, 15) is 9.59 Å². The molecule has 0 radical (unpaired) electrons. The van der Waals surface area contributed by atoms with E-state index in [2.05, 4.69) is 76.9 Å². The van der Waals surface area contributed by atoms with E-state index in [0.29, 0.717) is 14.5 Å². The normalized spacial score (nSPS) is 10.3. The highest BCUT2D eigenvalue weighted by molar-refractivity contribution is 9.14. The second-order valence-electron chi connectivity index (χ2n) is 3.91. The first kappa shape index (κ1) is 19.6. The van der Waals surface area contributed by atoms with Crippen LogP contribution in [-0.2, 0) is 19.1 Å². The summed E-state index contributed by atoms with van der Waals surface area (Å²) in [6.45, 7) is 8.53. The summed E-state index contributed by atoms with van der Waals surface area (Å²) < 4.78 is 12.9. The molecule has 0 aliphatic heterocycles. The van der Waals surface area contributed by atoms with E-state index in [0.717, 1.165) is 26.7 Å². The van der Waals surface area contributed by atoms with Crippen LogP contribution in [0.25, 0.3) is 0 Å². The molecule has 0 fully saturated rings. The van der Waals surface area contributed by atoms with Crippen LogP contribution in [0.1, 0.15) is 17.4 Å². The molecule has 1 aromatic rings. The van der Waals surface area contributed by atoms with Crippen molar-refractivity contribution >= 4 is 75.7 Å². The van der Waals surface area contributed by atoms with Crippen molar-refractivity contribution in [3.63, 3.8) is 0 Å². The molecule has 0 aromatic heterocycles. The zero-order valence-electron chi connectivity index (χ0n) is 11.3. The van der Waals surface area contributed by atoms with Crippen LogP contribution in [0, 0.1) is 6.92 Å². The SMILES string of the molecule is C=CC(=O)OC(OC(=O)C=C)c1c(Br)c(Br)c(C)c(Br)c1Br. The molecular formula is C14H10Br4O4.